The Morgan fingerprint density at radius 3 is 2.41 bits per heavy atom. The second kappa shape index (κ2) is 4.20. The van der Waals surface area contributed by atoms with Crippen molar-refractivity contribution in [2.24, 2.45) is 0 Å². The molecule has 1 aromatic carbocycles. The first-order valence-electron chi connectivity index (χ1n) is 5.15. The Kier molecular flexibility index (Phi) is 3.02. The van der Waals surface area contributed by atoms with E-state index < -0.39 is 17.2 Å². The molecule has 0 saturated carbocycles. The van der Waals surface area contributed by atoms with Crippen molar-refractivity contribution in [3.63, 3.8) is 0 Å². The van der Waals surface area contributed by atoms with Crippen LogP contribution in [0.4, 0.5) is 8.78 Å². The van der Waals surface area contributed by atoms with E-state index >= 15 is 0 Å². The summed E-state index contributed by atoms with van der Waals surface area (Å²) in [4.78, 5) is 0.739. The Bertz CT molecular complexity index is 546. The van der Waals surface area contributed by atoms with Crippen molar-refractivity contribution in [3.8, 4) is 0 Å². The molecule has 0 fully saturated rings. The fourth-order valence-corrected chi connectivity index (χ4v) is 2.81. The molecule has 0 radical (unpaired) electrons. The van der Waals surface area contributed by atoms with Crippen LogP contribution in [0.15, 0.2) is 29.6 Å². The molecule has 0 aliphatic rings. The number of rotatable bonds is 2. The van der Waals surface area contributed by atoms with E-state index in [9.17, 15) is 13.9 Å². The third-order valence-electron chi connectivity index (χ3n) is 2.79. The molecule has 1 unspecified atom stereocenters. The van der Waals surface area contributed by atoms with Crippen LogP contribution in [0.1, 0.15) is 22.9 Å². The quantitative estimate of drug-likeness (QED) is 0.868. The summed E-state index contributed by atoms with van der Waals surface area (Å²) in [5.41, 5.74) is -0.0149. The molecule has 1 N–H and O–H groups in total. The van der Waals surface area contributed by atoms with Crippen molar-refractivity contribution in [2.45, 2.75) is 19.4 Å². The van der Waals surface area contributed by atoms with Crippen molar-refractivity contribution in [3.05, 3.63) is 57.3 Å². The van der Waals surface area contributed by atoms with Crippen molar-refractivity contribution >= 4 is 11.3 Å². The average molecular weight is 254 g/mol. The van der Waals surface area contributed by atoms with Crippen LogP contribution in [-0.4, -0.2) is 5.11 Å². The van der Waals surface area contributed by atoms with Gasteiger partial charge in [-0.3, -0.25) is 0 Å². The lowest BCUT2D eigenvalue weighted by molar-refractivity contribution is 0.105. The maximum Gasteiger partial charge on any atom is 0.159 e. The molecule has 0 amide bonds. The number of aryl methyl sites for hydroxylation is 1. The highest BCUT2D eigenvalue weighted by atomic mass is 32.1. The smallest absolute Gasteiger partial charge is 0.159 e. The van der Waals surface area contributed by atoms with E-state index in [2.05, 4.69) is 0 Å². The first kappa shape index (κ1) is 12.2. The molecule has 4 heteroatoms. The second-order valence-corrected chi connectivity index (χ2v) is 5.05. The number of aliphatic hydroxyl groups is 1. The minimum absolute atomic E-state index is 0.349. The van der Waals surface area contributed by atoms with Crippen molar-refractivity contribution in [1.29, 1.82) is 0 Å². The number of thiophene rings is 1. The third kappa shape index (κ3) is 2.10. The van der Waals surface area contributed by atoms with Gasteiger partial charge >= 0.3 is 0 Å². The van der Waals surface area contributed by atoms with E-state index in [1.165, 1.54) is 17.4 Å². The van der Waals surface area contributed by atoms with E-state index in [1.807, 2.05) is 18.4 Å². The van der Waals surface area contributed by atoms with Gasteiger partial charge in [-0.05, 0) is 48.6 Å². The van der Waals surface area contributed by atoms with Gasteiger partial charge in [0, 0.05) is 4.88 Å². The molecular weight excluding hydrogens is 242 g/mol. The largest absolute Gasteiger partial charge is 0.380 e. The van der Waals surface area contributed by atoms with E-state index in [0.717, 1.165) is 22.6 Å². The summed E-state index contributed by atoms with van der Waals surface area (Å²) in [5.74, 6) is -1.86. The van der Waals surface area contributed by atoms with Gasteiger partial charge in [0.15, 0.2) is 11.6 Å². The average Bonchev–Trinajstić information content (AvgIpc) is 2.69. The molecule has 0 spiro atoms. The summed E-state index contributed by atoms with van der Waals surface area (Å²) in [5, 5.41) is 12.3. The monoisotopic (exact) mass is 254 g/mol. The van der Waals surface area contributed by atoms with Crippen LogP contribution in [0.25, 0.3) is 0 Å². The van der Waals surface area contributed by atoms with Gasteiger partial charge in [0.2, 0.25) is 0 Å². The van der Waals surface area contributed by atoms with Gasteiger partial charge in [0.1, 0.15) is 5.60 Å². The number of benzene rings is 1. The molecule has 1 atom stereocenters. The fraction of sp³-hybridized carbons (Fsp3) is 0.231. The number of hydrogen-bond acceptors (Lipinski definition) is 2. The lowest BCUT2D eigenvalue weighted by Crippen LogP contribution is -2.22. The van der Waals surface area contributed by atoms with Crippen LogP contribution >= 0.6 is 11.3 Å². The van der Waals surface area contributed by atoms with E-state index in [4.69, 9.17) is 0 Å². The highest BCUT2D eigenvalue weighted by molar-refractivity contribution is 7.10. The molecule has 90 valence electrons. The van der Waals surface area contributed by atoms with Crippen LogP contribution < -0.4 is 0 Å². The van der Waals surface area contributed by atoms with E-state index in [-0.39, 0.29) is 0 Å². The standard InChI is InChI=1S/C13H12F2OS/c1-8-5-6-17-12(8)13(2,16)9-3-4-10(14)11(15)7-9/h3-7,16H,1-2H3. The first-order chi connectivity index (χ1) is 7.93. The Morgan fingerprint density at radius 2 is 1.88 bits per heavy atom. The summed E-state index contributed by atoms with van der Waals surface area (Å²) in [7, 11) is 0. The molecular formula is C13H12F2OS. The predicted octanol–water partition coefficient (Wildman–Crippen LogP) is 3.59. The Labute approximate surface area is 102 Å². The summed E-state index contributed by atoms with van der Waals surface area (Å²) < 4.78 is 26.0. The highest BCUT2D eigenvalue weighted by Gasteiger charge is 2.29. The zero-order valence-electron chi connectivity index (χ0n) is 9.50. The van der Waals surface area contributed by atoms with Gasteiger partial charge in [-0.2, -0.15) is 0 Å². The molecule has 2 aromatic rings. The van der Waals surface area contributed by atoms with Crippen LogP contribution in [0.2, 0.25) is 0 Å². The van der Waals surface area contributed by atoms with Crippen molar-refractivity contribution in [1.82, 2.24) is 0 Å². The predicted molar refractivity (Wildman–Crippen MR) is 64.1 cm³/mol. The van der Waals surface area contributed by atoms with Crippen LogP contribution in [-0.2, 0) is 5.60 Å². The highest BCUT2D eigenvalue weighted by Crippen LogP contribution is 2.35. The van der Waals surface area contributed by atoms with E-state index in [1.54, 1.807) is 6.92 Å². The van der Waals surface area contributed by atoms with Crippen molar-refractivity contribution < 1.29 is 13.9 Å². The molecule has 17 heavy (non-hydrogen) atoms. The lowest BCUT2D eigenvalue weighted by atomic mass is 9.92. The van der Waals surface area contributed by atoms with Gasteiger partial charge < -0.3 is 5.11 Å². The molecule has 0 saturated heterocycles. The van der Waals surface area contributed by atoms with Crippen LogP contribution in [0.5, 0.6) is 0 Å². The molecule has 1 heterocycles. The maximum absolute atomic E-state index is 13.2. The van der Waals surface area contributed by atoms with Gasteiger partial charge in [-0.25, -0.2) is 8.78 Å². The summed E-state index contributed by atoms with van der Waals surface area (Å²) in [6.07, 6.45) is 0. The summed E-state index contributed by atoms with van der Waals surface area (Å²) in [6.45, 7) is 3.46. The summed E-state index contributed by atoms with van der Waals surface area (Å²) in [6, 6.07) is 5.35. The van der Waals surface area contributed by atoms with Gasteiger partial charge in [-0.1, -0.05) is 6.07 Å². The first-order valence-corrected chi connectivity index (χ1v) is 6.03. The minimum Gasteiger partial charge on any atom is -0.380 e. The Balaban J connectivity index is 2.51. The fourth-order valence-electron chi connectivity index (χ4n) is 1.80. The normalized spacial score (nSPS) is 14.6. The second-order valence-electron chi connectivity index (χ2n) is 4.13. The molecule has 0 aliphatic heterocycles. The van der Waals surface area contributed by atoms with Crippen LogP contribution in [0, 0.1) is 18.6 Å². The number of hydrogen-bond donors (Lipinski definition) is 1. The maximum atomic E-state index is 13.2. The zero-order chi connectivity index (χ0) is 12.6. The van der Waals surface area contributed by atoms with Crippen molar-refractivity contribution in [2.75, 3.05) is 0 Å². The minimum atomic E-state index is -1.30. The van der Waals surface area contributed by atoms with Gasteiger partial charge in [0.25, 0.3) is 0 Å². The topological polar surface area (TPSA) is 20.2 Å². The molecule has 1 nitrogen and oxygen atoms in total. The lowest BCUT2D eigenvalue weighted by Gasteiger charge is -2.23. The summed E-state index contributed by atoms with van der Waals surface area (Å²) >= 11 is 1.40. The molecule has 2 rings (SSSR count). The SMILES string of the molecule is Cc1ccsc1C(C)(O)c1ccc(F)c(F)c1. The zero-order valence-corrected chi connectivity index (χ0v) is 10.3. The molecule has 0 aliphatic carbocycles. The van der Waals surface area contributed by atoms with Gasteiger partial charge in [0.05, 0.1) is 0 Å². The van der Waals surface area contributed by atoms with E-state index in [0.29, 0.717) is 5.56 Å². The molecule has 0 bridgehead atoms. The Morgan fingerprint density at radius 1 is 1.18 bits per heavy atom. The Hall–Kier alpha value is -1.26. The number of halogens is 2. The van der Waals surface area contributed by atoms with Gasteiger partial charge in [-0.15, -0.1) is 11.3 Å². The van der Waals surface area contributed by atoms with Crippen LogP contribution in [0.3, 0.4) is 0 Å². The third-order valence-corrected chi connectivity index (χ3v) is 4.01. The molecule has 1 aromatic heterocycles.